The lowest BCUT2D eigenvalue weighted by Crippen LogP contribution is -2.30. The van der Waals surface area contributed by atoms with Crippen LogP contribution in [0.5, 0.6) is 0 Å². The van der Waals surface area contributed by atoms with Gasteiger partial charge in [-0.1, -0.05) is 0 Å². The number of nitrogens with two attached hydrogens (primary N) is 1. The third-order valence-electron chi connectivity index (χ3n) is 1.91. The molecule has 4 heteroatoms. The molecular formula is C9H16N2OS. The maximum Gasteiger partial charge on any atom is 0.0897 e. The molecule has 74 valence electrons. The molecule has 13 heavy (non-hydrogen) atoms. The summed E-state index contributed by atoms with van der Waals surface area (Å²) in [5.74, 6) is 0. The summed E-state index contributed by atoms with van der Waals surface area (Å²) < 4.78 is 0. The minimum atomic E-state index is -0.713. The summed E-state index contributed by atoms with van der Waals surface area (Å²) in [4.78, 5) is 4.30. The Morgan fingerprint density at radius 1 is 1.69 bits per heavy atom. The number of hydrogen-bond donors (Lipinski definition) is 2. The zero-order valence-corrected chi connectivity index (χ0v) is 8.90. The van der Waals surface area contributed by atoms with Gasteiger partial charge in [-0.3, -0.25) is 0 Å². The van der Waals surface area contributed by atoms with E-state index in [9.17, 15) is 5.11 Å². The highest BCUT2D eigenvalue weighted by Crippen LogP contribution is 2.17. The molecule has 0 aliphatic rings. The molecule has 1 aromatic heterocycles. The van der Waals surface area contributed by atoms with Crippen LogP contribution in [0.1, 0.15) is 24.0 Å². The fourth-order valence-electron chi connectivity index (χ4n) is 1.28. The van der Waals surface area contributed by atoms with Crippen molar-refractivity contribution in [1.29, 1.82) is 0 Å². The van der Waals surface area contributed by atoms with Crippen molar-refractivity contribution in [1.82, 2.24) is 4.98 Å². The van der Waals surface area contributed by atoms with E-state index in [4.69, 9.17) is 5.73 Å². The van der Waals surface area contributed by atoms with E-state index < -0.39 is 5.60 Å². The van der Waals surface area contributed by atoms with Crippen LogP contribution in [0.25, 0.3) is 0 Å². The quantitative estimate of drug-likeness (QED) is 0.765. The number of aliphatic hydroxyl groups is 1. The van der Waals surface area contributed by atoms with Crippen LogP contribution in [-0.4, -0.2) is 22.2 Å². The van der Waals surface area contributed by atoms with E-state index in [1.54, 1.807) is 18.3 Å². The molecular weight excluding hydrogens is 184 g/mol. The Bertz CT molecular complexity index is 270. The molecule has 0 amide bonds. The standard InChI is InChI=1S/C9H16N2OS/c1-7-11-8(6-13-7)5-9(2,12)3-4-10/h6,12H,3-5,10H2,1-2H3. The molecule has 0 bridgehead atoms. The van der Waals surface area contributed by atoms with Gasteiger partial charge in [-0.15, -0.1) is 11.3 Å². The van der Waals surface area contributed by atoms with Gasteiger partial charge >= 0.3 is 0 Å². The topological polar surface area (TPSA) is 59.1 Å². The monoisotopic (exact) mass is 200 g/mol. The molecule has 0 aliphatic carbocycles. The normalized spacial score (nSPS) is 15.7. The van der Waals surface area contributed by atoms with Gasteiger partial charge in [-0.25, -0.2) is 4.98 Å². The summed E-state index contributed by atoms with van der Waals surface area (Å²) in [7, 11) is 0. The fourth-order valence-corrected chi connectivity index (χ4v) is 1.89. The molecule has 0 spiro atoms. The van der Waals surface area contributed by atoms with E-state index in [-0.39, 0.29) is 0 Å². The average molecular weight is 200 g/mol. The zero-order valence-electron chi connectivity index (χ0n) is 8.08. The van der Waals surface area contributed by atoms with Crippen molar-refractivity contribution >= 4 is 11.3 Å². The van der Waals surface area contributed by atoms with Crippen LogP contribution >= 0.6 is 11.3 Å². The molecule has 1 atom stereocenters. The van der Waals surface area contributed by atoms with Crippen molar-refractivity contribution in [3.63, 3.8) is 0 Å². The second kappa shape index (κ2) is 4.17. The van der Waals surface area contributed by atoms with Gasteiger partial charge in [0.1, 0.15) is 0 Å². The number of thiazole rings is 1. The van der Waals surface area contributed by atoms with Gasteiger partial charge in [0.25, 0.3) is 0 Å². The Morgan fingerprint density at radius 2 is 2.38 bits per heavy atom. The molecule has 3 nitrogen and oxygen atoms in total. The van der Waals surface area contributed by atoms with Crippen LogP contribution in [0, 0.1) is 6.92 Å². The van der Waals surface area contributed by atoms with Crippen LogP contribution in [-0.2, 0) is 6.42 Å². The van der Waals surface area contributed by atoms with Crippen molar-refractivity contribution in [2.75, 3.05) is 6.54 Å². The number of rotatable bonds is 4. The Balaban J connectivity index is 2.57. The van der Waals surface area contributed by atoms with E-state index in [0.29, 0.717) is 19.4 Å². The van der Waals surface area contributed by atoms with Gasteiger partial charge in [0.05, 0.1) is 16.3 Å². The van der Waals surface area contributed by atoms with Crippen LogP contribution < -0.4 is 5.73 Å². The van der Waals surface area contributed by atoms with Crippen molar-refractivity contribution < 1.29 is 5.11 Å². The maximum atomic E-state index is 9.86. The lowest BCUT2D eigenvalue weighted by atomic mass is 9.97. The average Bonchev–Trinajstić information content (AvgIpc) is 2.34. The summed E-state index contributed by atoms with van der Waals surface area (Å²) in [5, 5.41) is 12.9. The maximum absolute atomic E-state index is 9.86. The van der Waals surface area contributed by atoms with E-state index >= 15 is 0 Å². The van der Waals surface area contributed by atoms with E-state index in [1.165, 1.54) is 0 Å². The smallest absolute Gasteiger partial charge is 0.0897 e. The number of aryl methyl sites for hydroxylation is 1. The lowest BCUT2D eigenvalue weighted by Gasteiger charge is -2.20. The van der Waals surface area contributed by atoms with Gasteiger partial charge in [0.15, 0.2) is 0 Å². The summed E-state index contributed by atoms with van der Waals surface area (Å²) in [5.41, 5.74) is 5.64. The van der Waals surface area contributed by atoms with Gasteiger partial charge in [-0.2, -0.15) is 0 Å². The number of hydrogen-bond acceptors (Lipinski definition) is 4. The molecule has 1 aromatic rings. The van der Waals surface area contributed by atoms with Crippen LogP contribution in [0.2, 0.25) is 0 Å². The Hall–Kier alpha value is -0.450. The summed E-state index contributed by atoms with van der Waals surface area (Å²) >= 11 is 1.61. The summed E-state index contributed by atoms with van der Waals surface area (Å²) in [6.45, 7) is 4.27. The van der Waals surface area contributed by atoms with Crippen molar-refractivity contribution in [2.24, 2.45) is 5.73 Å². The van der Waals surface area contributed by atoms with Crippen LogP contribution in [0.4, 0.5) is 0 Å². The third kappa shape index (κ3) is 3.42. The van der Waals surface area contributed by atoms with E-state index in [0.717, 1.165) is 10.7 Å². The lowest BCUT2D eigenvalue weighted by molar-refractivity contribution is 0.0530. The highest BCUT2D eigenvalue weighted by atomic mass is 32.1. The second-order valence-electron chi connectivity index (χ2n) is 3.57. The van der Waals surface area contributed by atoms with Crippen molar-refractivity contribution in [3.8, 4) is 0 Å². The number of aromatic nitrogens is 1. The van der Waals surface area contributed by atoms with Gasteiger partial charge in [0.2, 0.25) is 0 Å². The number of nitrogens with zero attached hydrogens (tertiary/aromatic N) is 1. The minimum absolute atomic E-state index is 0.510. The van der Waals surface area contributed by atoms with Gasteiger partial charge in [0, 0.05) is 11.8 Å². The second-order valence-corrected chi connectivity index (χ2v) is 4.63. The molecule has 0 saturated carbocycles. The first kappa shape index (κ1) is 10.6. The molecule has 1 rings (SSSR count). The minimum Gasteiger partial charge on any atom is -0.390 e. The Morgan fingerprint density at radius 3 is 2.85 bits per heavy atom. The summed E-state index contributed by atoms with van der Waals surface area (Å²) in [6.07, 6.45) is 1.21. The molecule has 1 heterocycles. The highest BCUT2D eigenvalue weighted by molar-refractivity contribution is 7.09. The molecule has 0 radical (unpaired) electrons. The highest BCUT2D eigenvalue weighted by Gasteiger charge is 2.20. The van der Waals surface area contributed by atoms with Crippen molar-refractivity contribution in [2.45, 2.75) is 32.3 Å². The molecule has 3 N–H and O–H groups in total. The largest absolute Gasteiger partial charge is 0.390 e. The first-order valence-electron chi connectivity index (χ1n) is 4.37. The van der Waals surface area contributed by atoms with Gasteiger partial charge in [-0.05, 0) is 26.8 Å². The van der Waals surface area contributed by atoms with Crippen molar-refractivity contribution in [3.05, 3.63) is 16.1 Å². The third-order valence-corrected chi connectivity index (χ3v) is 2.73. The van der Waals surface area contributed by atoms with Crippen LogP contribution in [0.3, 0.4) is 0 Å². The molecule has 0 aromatic carbocycles. The molecule has 0 fully saturated rings. The first-order valence-corrected chi connectivity index (χ1v) is 5.25. The predicted molar refractivity (Wildman–Crippen MR) is 54.9 cm³/mol. The molecule has 1 unspecified atom stereocenters. The predicted octanol–water partition coefficient (Wildman–Crippen LogP) is 1.09. The van der Waals surface area contributed by atoms with Gasteiger partial charge < -0.3 is 10.8 Å². The zero-order chi connectivity index (χ0) is 9.90. The van der Waals surface area contributed by atoms with E-state index in [1.807, 2.05) is 12.3 Å². The Labute approximate surface area is 82.6 Å². The Kier molecular flexibility index (Phi) is 3.41. The SMILES string of the molecule is Cc1nc(CC(C)(O)CCN)cs1. The summed E-state index contributed by atoms with van der Waals surface area (Å²) in [6, 6.07) is 0. The molecule has 0 saturated heterocycles. The van der Waals surface area contributed by atoms with E-state index in [2.05, 4.69) is 4.98 Å². The fraction of sp³-hybridized carbons (Fsp3) is 0.667. The van der Waals surface area contributed by atoms with Crippen LogP contribution in [0.15, 0.2) is 5.38 Å². The first-order chi connectivity index (χ1) is 6.03. The molecule has 0 aliphatic heterocycles.